The lowest BCUT2D eigenvalue weighted by molar-refractivity contribution is -0.384. The largest absolute Gasteiger partial charge is 0.316 e. The molecule has 0 saturated carbocycles. The molecule has 2 aliphatic rings. The van der Waals surface area contributed by atoms with E-state index < -0.39 is 0 Å². The monoisotopic (exact) mass is 275 g/mol. The summed E-state index contributed by atoms with van der Waals surface area (Å²) in [6, 6.07) is 7.60. The number of rotatable bonds is 4. The Kier molecular flexibility index (Phi) is 3.72. The third-order valence-electron chi connectivity index (χ3n) is 4.89. The summed E-state index contributed by atoms with van der Waals surface area (Å²) >= 11 is 0. The predicted molar refractivity (Wildman–Crippen MR) is 77.7 cm³/mol. The Morgan fingerprint density at radius 2 is 2.10 bits per heavy atom. The van der Waals surface area contributed by atoms with E-state index in [9.17, 15) is 10.1 Å². The molecule has 0 aromatic heterocycles. The van der Waals surface area contributed by atoms with E-state index in [4.69, 9.17) is 0 Å². The molecule has 2 fully saturated rings. The Balaban J connectivity index is 1.56. The molecule has 0 spiro atoms. The second-order valence-electron chi connectivity index (χ2n) is 5.99. The molecular weight excluding hydrogens is 254 g/mol. The van der Waals surface area contributed by atoms with Crippen LogP contribution >= 0.6 is 0 Å². The van der Waals surface area contributed by atoms with Gasteiger partial charge < -0.3 is 5.32 Å². The summed E-state index contributed by atoms with van der Waals surface area (Å²) in [6.07, 6.45) is 0.967. The van der Waals surface area contributed by atoms with Gasteiger partial charge >= 0.3 is 0 Å². The Morgan fingerprint density at radius 1 is 1.35 bits per heavy atom. The summed E-state index contributed by atoms with van der Waals surface area (Å²) in [4.78, 5) is 12.8. The van der Waals surface area contributed by atoms with Crippen LogP contribution in [0.15, 0.2) is 24.3 Å². The topological polar surface area (TPSA) is 58.4 Å². The van der Waals surface area contributed by atoms with Crippen LogP contribution in [0, 0.1) is 22.0 Å². The van der Waals surface area contributed by atoms with E-state index in [1.165, 1.54) is 12.1 Å². The number of fused-ring (bicyclic) bond motifs is 1. The van der Waals surface area contributed by atoms with Crippen LogP contribution in [0.1, 0.15) is 12.5 Å². The van der Waals surface area contributed by atoms with Gasteiger partial charge in [-0.3, -0.25) is 15.0 Å². The molecule has 2 saturated heterocycles. The zero-order valence-corrected chi connectivity index (χ0v) is 11.8. The van der Waals surface area contributed by atoms with Crippen LogP contribution in [-0.2, 0) is 6.42 Å². The smallest absolute Gasteiger partial charge is 0.269 e. The maximum atomic E-state index is 10.6. The Morgan fingerprint density at radius 3 is 2.75 bits per heavy atom. The standard InChI is InChI=1S/C15H21N3O2/c1-11-15-9-16-8-13(15)10-17(11)7-6-12-2-4-14(5-3-12)18(19)20/h2-5,11,13,15-16H,6-10H2,1H3. The quantitative estimate of drug-likeness (QED) is 0.671. The van der Waals surface area contributed by atoms with E-state index >= 15 is 0 Å². The third kappa shape index (κ3) is 2.55. The number of non-ortho nitro benzene ring substituents is 1. The van der Waals surface area contributed by atoms with Gasteiger partial charge in [-0.15, -0.1) is 0 Å². The van der Waals surface area contributed by atoms with E-state index in [-0.39, 0.29) is 10.6 Å². The van der Waals surface area contributed by atoms with Crippen molar-refractivity contribution in [1.29, 1.82) is 0 Å². The third-order valence-corrected chi connectivity index (χ3v) is 4.89. The van der Waals surface area contributed by atoms with Gasteiger partial charge in [0, 0.05) is 31.3 Å². The van der Waals surface area contributed by atoms with Gasteiger partial charge in [-0.1, -0.05) is 12.1 Å². The number of nitro groups is 1. The molecule has 1 N–H and O–H groups in total. The molecule has 20 heavy (non-hydrogen) atoms. The molecule has 0 aliphatic carbocycles. The van der Waals surface area contributed by atoms with Gasteiger partial charge in [0.1, 0.15) is 0 Å². The lowest BCUT2D eigenvalue weighted by Gasteiger charge is -2.24. The summed E-state index contributed by atoms with van der Waals surface area (Å²) in [5.74, 6) is 1.61. The van der Waals surface area contributed by atoms with Crippen LogP contribution in [0.25, 0.3) is 0 Å². The summed E-state index contributed by atoms with van der Waals surface area (Å²) in [6.45, 7) is 6.87. The molecule has 0 amide bonds. The zero-order valence-electron chi connectivity index (χ0n) is 11.8. The van der Waals surface area contributed by atoms with Crippen molar-refractivity contribution >= 4 is 5.69 Å². The highest BCUT2D eigenvalue weighted by Crippen LogP contribution is 2.32. The SMILES string of the molecule is CC1C2CNCC2CN1CCc1ccc([N+](=O)[O-])cc1. The Labute approximate surface area is 119 Å². The van der Waals surface area contributed by atoms with Gasteiger partial charge in [0.05, 0.1) is 4.92 Å². The van der Waals surface area contributed by atoms with Gasteiger partial charge in [-0.05, 0) is 43.8 Å². The van der Waals surface area contributed by atoms with E-state index in [2.05, 4.69) is 17.1 Å². The minimum absolute atomic E-state index is 0.170. The van der Waals surface area contributed by atoms with Gasteiger partial charge in [-0.25, -0.2) is 0 Å². The second-order valence-corrected chi connectivity index (χ2v) is 5.99. The van der Waals surface area contributed by atoms with Crippen LogP contribution in [0.5, 0.6) is 0 Å². The Hall–Kier alpha value is -1.46. The lowest BCUT2D eigenvalue weighted by Crippen LogP contribution is -2.34. The summed E-state index contributed by atoms with van der Waals surface area (Å²) in [7, 11) is 0. The van der Waals surface area contributed by atoms with Gasteiger partial charge in [0.25, 0.3) is 5.69 Å². The van der Waals surface area contributed by atoms with Crippen LogP contribution < -0.4 is 5.32 Å². The number of nitro benzene ring substituents is 1. The average Bonchev–Trinajstić information content (AvgIpc) is 3.01. The molecule has 5 nitrogen and oxygen atoms in total. The Bertz CT molecular complexity index is 488. The normalized spacial score (nSPS) is 29.6. The molecule has 0 bridgehead atoms. The van der Waals surface area contributed by atoms with Crippen molar-refractivity contribution in [1.82, 2.24) is 10.2 Å². The van der Waals surface area contributed by atoms with Crippen molar-refractivity contribution in [2.24, 2.45) is 11.8 Å². The number of nitrogens with zero attached hydrogens (tertiary/aromatic N) is 2. The first-order valence-corrected chi connectivity index (χ1v) is 7.33. The average molecular weight is 275 g/mol. The van der Waals surface area contributed by atoms with Crippen LogP contribution in [0.3, 0.4) is 0 Å². The van der Waals surface area contributed by atoms with Crippen LogP contribution in [0.4, 0.5) is 5.69 Å². The first-order chi connectivity index (χ1) is 9.65. The fourth-order valence-corrected chi connectivity index (χ4v) is 3.61. The van der Waals surface area contributed by atoms with E-state index in [1.807, 2.05) is 12.1 Å². The summed E-state index contributed by atoms with van der Waals surface area (Å²) in [5, 5.41) is 14.1. The zero-order chi connectivity index (χ0) is 14.1. The van der Waals surface area contributed by atoms with Crippen LogP contribution in [-0.4, -0.2) is 42.0 Å². The molecule has 3 unspecified atom stereocenters. The van der Waals surface area contributed by atoms with Gasteiger partial charge in [0.15, 0.2) is 0 Å². The van der Waals surface area contributed by atoms with E-state index in [1.54, 1.807) is 12.1 Å². The summed E-state index contributed by atoms with van der Waals surface area (Å²) < 4.78 is 0. The molecule has 3 rings (SSSR count). The molecule has 1 aromatic carbocycles. The number of hydrogen-bond acceptors (Lipinski definition) is 4. The second kappa shape index (κ2) is 5.50. The van der Waals surface area contributed by atoms with Gasteiger partial charge in [-0.2, -0.15) is 0 Å². The number of benzene rings is 1. The minimum Gasteiger partial charge on any atom is -0.316 e. The number of hydrogen-bond donors (Lipinski definition) is 1. The fourth-order valence-electron chi connectivity index (χ4n) is 3.61. The highest BCUT2D eigenvalue weighted by molar-refractivity contribution is 5.32. The molecule has 3 atom stereocenters. The first-order valence-electron chi connectivity index (χ1n) is 7.33. The van der Waals surface area contributed by atoms with Crippen molar-refractivity contribution in [2.45, 2.75) is 19.4 Å². The minimum atomic E-state index is -0.347. The highest BCUT2D eigenvalue weighted by Gasteiger charge is 2.41. The van der Waals surface area contributed by atoms with Gasteiger partial charge in [0.2, 0.25) is 0 Å². The number of nitrogens with one attached hydrogen (secondary N) is 1. The molecule has 108 valence electrons. The first kappa shape index (κ1) is 13.5. The molecular formula is C15H21N3O2. The van der Waals surface area contributed by atoms with Crippen molar-refractivity contribution < 1.29 is 4.92 Å². The van der Waals surface area contributed by atoms with Crippen molar-refractivity contribution in [3.05, 3.63) is 39.9 Å². The predicted octanol–water partition coefficient (Wildman–Crippen LogP) is 1.68. The number of likely N-dealkylation sites (tertiary alicyclic amines) is 1. The van der Waals surface area contributed by atoms with Crippen molar-refractivity contribution in [2.75, 3.05) is 26.2 Å². The highest BCUT2D eigenvalue weighted by atomic mass is 16.6. The van der Waals surface area contributed by atoms with Crippen molar-refractivity contribution in [3.63, 3.8) is 0 Å². The molecule has 5 heteroatoms. The maximum Gasteiger partial charge on any atom is 0.269 e. The van der Waals surface area contributed by atoms with Crippen molar-refractivity contribution in [3.8, 4) is 0 Å². The molecule has 2 heterocycles. The van der Waals surface area contributed by atoms with E-state index in [0.29, 0.717) is 6.04 Å². The fraction of sp³-hybridized carbons (Fsp3) is 0.600. The molecule has 0 radical (unpaired) electrons. The van der Waals surface area contributed by atoms with Crippen LogP contribution in [0.2, 0.25) is 0 Å². The summed E-state index contributed by atoms with van der Waals surface area (Å²) in [5.41, 5.74) is 1.35. The molecule has 2 aliphatic heterocycles. The maximum absolute atomic E-state index is 10.6. The van der Waals surface area contributed by atoms with E-state index in [0.717, 1.165) is 37.9 Å². The lowest BCUT2D eigenvalue weighted by atomic mass is 9.95. The molecule has 1 aromatic rings.